The van der Waals surface area contributed by atoms with Gasteiger partial charge in [-0.1, -0.05) is 33.8 Å². The number of aliphatic hydroxyl groups is 1. The van der Waals surface area contributed by atoms with E-state index in [0.717, 1.165) is 0 Å². The Morgan fingerprint density at radius 2 is 1.70 bits per heavy atom. The summed E-state index contributed by atoms with van der Waals surface area (Å²) < 4.78 is 48.9. The van der Waals surface area contributed by atoms with Crippen LogP contribution in [0.3, 0.4) is 0 Å². The smallest absolute Gasteiger partial charge is 0.461 e. The number of aliphatic hydroxyl groups excluding tert-OH is 1. The Kier molecular flexibility index (Phi) is 12.3. The molecule has 4 saturated heterocycles. The van der Waals surface area contributed by atoms with Crippen LogP contribution >= 0.6 is 0 Å². The summed E-state index contributed by atoms with van der Waals surface area (Å²) in [6.07, 6.45) is -7.38. The second kappa shape index (κ2) is 16.1. The third kappa shape index (κ3) is 8.42. The number of esters is 2. The number of nitrogens with zero attached hydrogens (tertiary/aromatic N) is 2. The molecule has 2 bridgehead atoms. The van der Waals surface area contributed by atoms with E-state index in [9.17, 15) is 24.3 Å². The first kappa shape index (κ1) is 40.7. The van der Waals surface area contributed by atoms with E-state index >= 15 is 0 Å². The summed E-state index contributed by atoms with van der Waals surface area (Å²) in [4.78, 5) is 60.5. The molecule has 0 aromatic carbocycles. The molecule has 296 valence electrons. The largest absolute Gasteiger partial charge is 0.509 e. The minimum absolute atomic E-state index is 0.168. The van der Waals surface area contributed by atoms with Crippen molar-refractivity contribution in [1.29, 1.82) is 0 Å². The lowest BCUT2D eigenvalue weighted by Crippen LogP contribution is -2.60. The SMILES string of the molecule is CC[C@H]1OC(=O)[C@H](C)[C@@H](OC(=O)Cc2ccccn2)[C@H](C)[C@@H](OC2O[C@H](C)C[C@H](N(C)C)[C@H]2O)[C@@]2(C)C[C@@H](C)[C@H](OC(=O)O2)[C@H](C)[C@H]2OC(=O)O[C@@]21C. The van der Waals surface area contributed by atoms with Gasteiger partial charge < -0.3 is 47.9 Å². The zero-order chi connectivity index (χ0) is 39.0. The number of cyclic esters (lactones) is 1. The van der Waals surface area contributed by atoms with Gasteiger partial charge in [0.2, 0.25) is 0 Å². The molecule has 15 heteroatoms. The van der Waals surface area contributed by atoms with Crippen LogP contribution in [0.1, 0.15) is 80.3 Å². The van der Waals surface area contributed by atoms with Gasteiger partial charge in [-0.3, -0.25) is 14.6 Å². The molecule has 15 atom stereocenters. The first-order valence-electron chi connectivity index (χ1n) is 18.6. The van der Waals surface area contributed by atoms with Crippen molar-refractivity contribution in [3.05, 3.63) is 30.1 Å². The van der Waals surface area contributed by atoms with Gasteiger partial charge in [-0.2, -0.15) is 0 Å². The minimum atomic E-state index is -1.49. The predicted octanol–water partition coefficient (Wildman–Crippen LogP) is 4.21. The van der Waals surface area contributed by atoms with Crippen LogP contribution in [-0.2, 0) is 53.9 Å². The van der Waals surface area contributed by atoms with Crippen molar-refractivity contribution in [1.82, 2.24) is 9.88 Å². The van der Waals surface area contributed by atoms with E-state index in [2.05, 4.69) is 4.98 Å². The molecule has 4 aliphatic rings. The number of ether oxygens (including phenoxy) is 8. The van der Waals surface area contributed by atoms with Crippen LogP contribution in [0.2, 0.25) is 0 Å². The lowest BCUT2D eigenvalue weighted by atomic mass is 9.73. The van der Waals surface area contributed by atoms with Gasteiger partial charge in [0.05, 0.1) is 24.1 Å². The van der Waals surface area contributed by atoms with Crippen molar-refractivity contribution in [3.8, 4) is 0 Å². The summed E-state index contributed by atoms with van der Waals surface area (Å²) in [6.45, 7) is 14.0. The first-order chi connectivity index (χ1) is 24.9. The fourth-order valence-corrected chi connectivity index (χ4v) is 8.86. The average Bonchev–Trinajstić information content (AvgIpc) is 3.34. The van der Waals surface area contributed by atoms with Crippen LogP contribution in [0.4, 0.5) is 9.59 Å². The number of aromatic nitrogens is 1. The fraction of sp³-hybridized carbons (Fsp3) is 0.763. The second-order valence-electron chi connectivity index (χ2n) is 15.9. The minimum Gasteiger partial charge on any atom is -0.461 e. The molecule has 0 aliphatic carbocycles. The summed E-state index contributed by atoms with van der Waals surface area (Å²) in [5, 5.41) is 11.6. The Morgan fingerprint density at radius 3 is 2.34 bits per heavy atom. The molecule has 1 aromatic rings. The van der Waals surface area contributed by atoms with Gasteiger partial charge in [-0.05, 0) is 79.1 Å². The zero-order valence-electron chi connectivity index (χ0n) is 32.4. The van der Waals surface area contributed by atoms with Gasteiger partial charge in [0.25, 0.3) is 0 Å². The Balaban J connectivity index is 1.63. The van der Waals surface area contributed by atoms with Gasteiger partial charge in [0.1, 0.15) is 36.1 Å². The van der Waals surface area contributed by atoms with Gasteiger partial charge in [0, 0.05) is 24.1 Å². The van der Waals surface area contributed by atoms with E-state index in [1.165, 1.54) is 0 Å². The quantitative estimate of drug-likeness (QED) is 0.310. The van der Waals surface area contributed by atoms with E-state index in [1.807, 2.05) is 32.8 Å². The Morgan fingerprint density at radius 1 is 1.00 bits per heavy atom. The molecule has 53 heavy (non-hydrogen) atoms. The lowest BCUT2D eigenvalue weighted by molar-refractivity contribution is -0.298. The molecule has 0 saturated carbocycles. The highest BCUT2D eigenvalue weighted by Gasteiger charge is 2.61. The molecule has 1 unspecified atom stereocenters. The molecule has 0 amide bonds. The van der Waals surface area contributed by atoms with Crippen LogP contribution in [0.5, 0.6) is 0 Å². The zero-order valence-corrected chi connectivity index (χ0v) is 32.4. The molecular weight excluding hydrogens is 692 g/mol. The predicted molar refractivity (Wildman–Crippen MR) is 186 cm³/mol. The Hall–Kier alpha value is -3.53. The van der Waals surface area contributed by atoms with E-state index in [0.29, 0.717) is 12.1 Å². The number of hydrogen-bond acceptors (Lipinski definition) is 15. The normalized spacial score (nSPS) is 42.2. The van der Waals surface area contributed by atoms with Crippen LogP contribution in [-0.4, -0.2) is 120 Å². The molecule has 15 nitrogen and oxygen atoms in total. The molecule has 1 N–H and O–H groups in total. The van der Waals surface area contributed by atoms with Crippen molar-refractivity contribution < 1.29 is 62.2 Å². The standard InChI is InChI=1S/C38H56N2O13/c1-11-26-38(8)32(51-36(45)53-38)21(4)29-19(2)18-37(7,52-35(44)49-29)31(50-34-28(42)25(40(9)10)16-20(3)46-34)22(5)30(23(6)33(43)47-26)48-27(41)17-24-14-12-13-15-39-24/h12-15,19-23,25-26,28-32,34,42H,11,16-18H2,1-10H3/t19-,20-,21+,22+,23-,25+,26-,28-,29+,30+,31-,32-,34?,37-,38-/m1/s1. The first-order valence-corrected chi connectivity index (χ1v) is 18.6. The topological polar surface area (TPSA) is 178 Å². The summed E-state index contributed by atoms with van der Waals surface area (Å²) in [5.74, 6) is -4.44. The van der Waals surface area contributed by atoms with Crippen LogP contribution < -0.4 is 0 Å². The number of carbonyl (C=O) groups excluding carboxylic acids is 4. The van der Waals surface area contributed by atoms with Crippen molar-refractivity contribution >= 4 is 24.2 Å². The van der Waals surface area contributed by atoms with Gasteiger partial charge in [-0.25, -0.2) is 9.59 Å². The molecule has 5 heterocycles. The number of rotatable bonds is 7. The highest BCUT2D eigenvalue weighted by Crippen LogP contribution is 2.46. The molecular formula is C38H56N2O13. The second-order valence-corrected chi connectivity index (χ2v) is 15.9. The maximum Gasteiger partial charge on any atom is 0.509 e. The van der Waals surface area contributed by atoms with Gasteiger partial charge in [0.15, 0.2) is 18.0 Å². The van der Waals surface area contributed by atoms with Crippen molar-refractivity contribution in [2.75, 3.05) is 14.1 Å². The lowest BCUT2D eigenvalue weighted by Gasteiger charge is -2.47. The summed E-state index contributed by atoms with van der Waals surface area (Å²) in [6, 6.07) is 4.83. The molecule has 4 aliphatic heterocycles. The van der Waals surface area contributed by atoms with Crippen LogP contribution in [0, 0.1) is 23.7 Å². The van der Waals surface area contributed by atoms with E-state index < -0.39 is 102 Å². The van der Waals surface area contributed by atoms with E-state index in [-0.39, 0.29) is 31.4 Å². The average molecular weight is 749 g/mol. The number of hydrogen-bond donors (Lipinski definition) is 1. The van der Waals surface area contributed by atoms with Gasteiger partial charge >= 0.3 is 24.2 Å². The highest BCUT2D eigenvalue weighted by atomic mass is 16.8. The monoisotopic (exact) mass is 748 g/mol. The molecule has 1 aromatic heterocycles. The van der Waals surface area contributed by atoms with E-state index in [4.69, 9.17) is 37.9 Å². The number of carbonyl (C=O) groups is 4. The van der Waals surface area contributed by atoms with Crippen LogP contribution in [0.15, 0.2) is 24.4 Å². The maximum atomic E-state index is 14.2. The summed E-state index contributed by atoms with van der Waals surface area (Å²) in [7, 11) is 3.71. The van der Waals surface area contributed by atoms with Crippen LogP contribution in [0.25, 0.3) is 0 Å². The van der Waals surface area contributed by atoms with Gasteiger partial charge in [-0.15, -0.1) is 0 Å². The molecule has 0 spiro atoms. The highest BCUT2D eigenvalue weighted by molar-refractivity contribution is 5.76. The Bertz CT molecular complexity index is 1480. The molecule has 5 rings (SSSR count). The maximum absolute atomic E-state index is 14.2. The number of fused-ring (bicyclic) bond motifs is 4. The van der Waals surface area contributed by atoms with E-state index in [1.54, 1.807) is 65.9 Å². The van der Waals surface area contributed by atoms with Crippen molar-refractivity contribution in [2.45, 2.75) is 147 Å². The van der Waals surface area contributed by atoms with Crippen molar-refractivity contribution in [2.24, 2.45) is 23.7 Å². The third-order valence-electron chi connectivity index (χ3n) is 11.5. The summed E-state index contributed by atoms with van der Waals surface area (Å²) in [5.41, 5.74) is -2.48. The fourth-order valence-electron chi connectivity index (χ4n) is 8.86. The molecule has 4 fully saturated rings. The molecule has 0 radical (unpaired) electrons. The van der Waals surface area contributed by atoms with Crippen molar-refractivity contribution in [3.63, 3.8) is 0 Å². The number of pyridine rings is 1. The third-order valence-corrected chi connectivity index (χ3v) is 11.5. The Labute approximate surface area is 311 Å². The number of likely N-dealkylation sites (N-methyl/N-ethyl adjacent to an activating group) is 1. The summed E-state index contributed by atoms with van der Waals surface area (Å²) >= 11 is 0.